The molecule has 0 bridgehead atoms. The van der Waals surface area contributed by atoms with Gasteiger partial charge in [0.25, 0.3) is 0 Å². The van der Waals surface area contributed by atoms with Crippen molar-refractivity contribution in [3.05, 3.63) is 32.9 Å². The predicted octanol–water partition coefficient (Wildman–Crippen LogP) is 3.80. The van der Waals surface area contributed by atoms with E-state index in [2.05, 4.69) is 54.2 Å². The lowest BCUT2D eigenvalue weighted by Gasteiger charge is -2.33. The maximum atomic E-state index is 9.77. The van der Waals surface area contributed by atoms with Crippen LogP contribution in [-0.2, 0) is 23.0 Å². The Morgan fingerprint density at radius 3 is 2.67 bits per heavy atom. The fraction of sp³-hybridized carbons (Fsp3) is 0.600. The lowest BCUT2D eigenvalue weighted by atomic mass is 9.93. The molecular formula is C20H27N5OS. The van der Waals surface area contributed by atoms with E-state index in [1.165, 1.54) is 0 Å². The van der Waals surface area contributed by atoms with Crippen LogP contribution in [0.15, 0.2) is 5.38 Å². The molecule has 0 spiro atoms. The van der Waals surface area contributed by atoms with E-state index in [1.807, 2.05) is 6.92 Å². The van der Waals surface area contributed by atoms with Crippen LogP contribution in [-0.4, -0.2) is 34.9 Å². The highest BCUT2D eigenvalue weighted by molar-refractivity contribution is 7.09. The number of nitrogens with zero attached hydrogens (tertiary/aromatic N) is 5. The van der Waals surface area contributed by atoms with E-state index < -0.39 is 0 Å². The SMILES string of the molecule is CCc1nnc(N2CCOC(c3nc(C(C)(C)C)cs3)C2)c(C#N)c1CC. The number of nitriles is 1. The van der Waals surface area contributed by atoms with Gasteiger partial charge in [-0.05, 0) is 18.4 Å². The van der Waals surface area contributed by atoms with Gasteiger partial charge in [-0.2, -0.15) is 10.4 Å². The highest BCUT2D eigenvalue weighted by Gasteiger charge is 2.29. The Bertz CT molecular complexity index is 849. The topological polar surface area (TPSA) is 74.9 Å². The molecule has 1 saturated heterocycles. The number of hydrogen-bond acceptors (Lipinski definition) is 7. The monoisotopic (exact) mass is 385 g/mol. The van der Waals surface area contributed by atoms with E-state index in [4.69, 9.17) is 9.72 Å². The van der Waals surface area contributed by atoms with Gasteiger partial charge in [-0.3, -0.25) is 0 Å². The molecule has 0 aromatic carbocycles. The third-order valence-electron chi connectivity index (χ3n) is 4.87. The van der Waals surface area contributed by atoms with Gasteiger partial charge < -0.3 is 9.64 Å². The van der Waals surface area contributed by atoms with Gasteiger partial charge in [-0.25, -0.2) is 4.98 Å². The summed E-state index contributed by atoms with van der Waals surface area (Å²) in [4.78, 5) is 6.92. The van der Waals surface area contributed by atoms with Crippen LogP contribution in [0.3, 0.4) is 0 Å². The Kier molecular flexibility index (Phi) is 5.78. The average Bonchev–Trinajstić information content (AvgIpc) is 3.17. The van der Waals surface area contributed by atoms with Crippen LogP contribution in [0.1, 0.15) is 68.2 Å². The van der Waals surface area contributed by atoms with Crippen LogP contribution in [0.5, 0.6) is 0 Å². The first-order chi connectivity index (χ1) is 12.9. The molecule has 0 N–H and O–H groups in total. The van der Waals surface area contributed by atoms with Crippen LogP contribution < -0.4 is 4.90 Å². The number of rotatable bonds is 4. The number of anilines is 1. The minimum absolute atomic E-state index is 0.0224. The van der Waals surface area contributed by atoms with E-state index in [0.29, 0.717) is 31.1 Å². The molecule has 3 heterocycles. The maximum Gasteiger partial charge on any atom is 0.169 e. The first-order valence-electron chi connectivity index (χ1n) is 9.50. The van der Waals surface area contributed by atoms with E-state index in [-0.39, 0.29) is 11.5 Å². The molecule has 2 aromatic rings. The molecule has 1 unspecified atom stereocenters. The van der Waals surface area contributed by atoms with Gasteiger partial charge in [0, 0.05) is 17.3 Å². The van der Waals surface area contributed by atoms with Crippen molar-refractivity contribution in [2.24, 2.45) is 0 Å². The highest BCUT2D eigenvalue weighted by Crippen LogP contribution is 2.32. The van der Waals surface area contributed by atoms with Gasteiger partial charge >= 0.3 is 0 Å². The van der Waals surface area contributed by atoms with E-state index in [9.17, 15) is 5.26 Å². The van der Waals surface area contributed by atoms with Gasteiger partial charge in [-0.1, -0.05) is 34.6 Å². The summed E-state index contributed by atoms with van der Waals surface area (Å²) in [6.07, 6.45) is 1.46. The minimum Gasteiger partial charge on any atom is -0.367 e. The molecule has 1 atom stereocenters. The van der Waals surface area contributed by atoms with Gasteiger partial charge in [0.2, 0.25) is 0 Å². The van der Waals surface area contributed by atoms with Crippen molar-refractivity contribution in [2.75, 3.05) is 24.6 Å². The van der Waals surface area contributed by atoms with Crippen LogP contribution in [0.2, 0.25) is 0 Å². The Morgan fingerprint density at radius 2 is 2.07 bits per heavy atom. The molecule has 3 rings (SSSR count). The van der Waals surface area contributed by atoms with Crippen molar-refractivity contribution < 1.29 is 4.74 Å². The predicted molar refractivity (Wildman–Crippen MR) is 107 cm³/mol. The molecule has 0 radical (unpaired) electrons. The smallest absolute Gasteiger partial charge is 0.169 e. The fourth-order valence-corrected chi connectivity index (χ4v) is 4.36. The molecule has 6 nitrogen and oxygen atoms in total. The van der Waals surface area contributed by atoms with Crippen LogP contribution in [0.4, 0.5) is 5.82 Å². The van der Waals surface area contributed by atoms with Crippen LogP contribution >= 0.6 is 11.3 Å². The number of aryl methyl sites for hydroxylation is 1. The summed E-state index contributed by atoms with van der Waals surface area (Å²) >= 11 is 1.64. The fourth-order valence-electron chi connectivity index (χ4n) is 3.27. The quantitative estimate of drug-likeness (QED) is 0.797. The van der Waals surface area contributed by atoms with Crippen LogP contribution in [0.25, 0.3) is 0 Å². The Labute approximate surface area is 165 Å². The summed E-state index contributed by atoms with van der Waals surface area (Å²) in [6.45, 7) is 12.5. The first-order valence-corrected chi connectivity index (χ1v) is 10.4. The van der Waals surface area contributed by atoms with E-state index in [1.54, 1.807) is 11.3 Å². The number of aromatic nitrogens is 3. The average molecular weight is 386 g/mol. The molecule has 0 saturated carbocycles. The molecule has 7 heteroatoms. The molecule has 1 aliphatic rings. The normalized spacial score (nSPS) is 17.8. The Hall–Kier alpha value is -2.04. The molecule has 27 heavy (non-hydrogen) atoms. The minimum atomic E-state index is -0.107. The number of hydrogen-bond donors (Lipinski definition) is 0. The summed E-state index contributed by atoms with van der Waals surface area (Å²) in [5, 5.41) is 21.7. The zero-order valence-electron chi connectivity index (χ0n) is 16.7. The molecule has 144 valence electrons. The summed E-state index contributed by atoms with van der Waals surface area (Å²) < 4.78 is 5.99. The molecule has 1 fully saturated rings. The van der Waals surface area contributed by atoms with E-state index in [0.717, 1.165) is 34.8 Å². The zero-order chi connectivity index (χ0) is 19.6. The lowest BCUT2D eigenvalue weighted by molar-refractivity contribution is 0.0391. The van der Waals surface area contributed by atoms with Crippen molar-refractivity contribution in [3.8, 4) is 6.07 Å². The van der Waals surface area contributed by atoms with Crippen molar-refractivity contribution in [1.82, 2.24) is 15.2 Å². The Morgan fingerprint density at radius 1 is 1.30 bits per heavy atom. The summed E-state index contributed by atoms with van der Waals surface area (Å²) in [5.41, 5.74) is 3.68. The third kappa shape index (κ3) is 3.97. The second-order valence-corrected chi connectivity index (χ2v) is 8.66. The van der Waals surface area contributed by atoms with Gasteiger partial charge in [0.15, 0.2) is 5.82 Å². The van der Waals surface area contributed by atoms with Crippen molar-refractivity contribution in [1.29, 1.82) is 5.26 Å². The van der Waals surface area contributed by atoms with E-state index >= 15 is 0 Å². The number of ether oxygens (including phenoxy) is 1. The van der Waals surface area contributed by atoms with Crippen molar-refractivity contribution in [3.63, 3.8) is 0 Å². The standard InChI is InChI=1S/C20H27N5OS/c1-6-13-14(10-21)18(24-23-15(13)7-2)25-8-9-26-16(11-25)19-22-17(12-27-19)20(3,4)5/h12,16H,6-9,11H2,1-5H3. The second kappa shape index (κ2) is 7.91. The largest absolute Gasteiger partial charge is 0.367 e. The summed E-state index contributed by atoms with van der Waals surface area (Å²) in [7, 11) is 0. The lowest BCUT2D eigenvalue weighted by Crippen LogP contribution is -2.39. The maximum absolute atomic E-state index is 9.77. The number of morpholine rings is 1. The van der Waals surface area contributed by atoms with Gasteiger partial charge in [0.05, 0.1) is 24.5 Å². The Balaban J connectivity index is 1.89. The van der Waals surface area contributed by atoms with Gasteiger partial charge in [0.1, 0.15) is 22.7 Å². The summed E-state index contributed by atoms with van der Waals surface area (Å²) in [6, 6.07) is 2.37. The highest BCUT2D eigenvalue weighted by atomic mass is 32.1. The van der Waals surface area contributed by atoms with Crippen molar-refractivity contribution in [2.45, 2.75) is 59.0 Å². The van der Waals surface area contributed by atoms with Crippen LogP contribution in [0, 0.1) is 11.3 Å². The molecule has 2 aromatic heterocycles. The zero-order valence-corrected chi connectivity index (χ0v) is 17.6. The second-order valence-electron chi connectivity index (χ2n) is 7.77. The first kappa shape index (κ1) is 19.7. The molecular weight excluding hydrogens is 358 g/mol. The van der Waals surface area contributed by atoms with Gasteiger partial charge in [-0.15, -0.1) is 16.4 Å². The third-order valence-corrected chi connectivity index (χ3v) is 5.81. The van der Waals surface area contributed by atoms with Crippen molar-refractivity contribution >= 4 is 17.2 Å². The molecule has 1 aliphatic heterocycles. The molecule has 0 aliphatic carbocycles. The summed E-state index contributed by atoms with van der Waals surface area (Å²) in [5.74, 6) is 0.674. The molecule has 0 amide bonds. The number of thiazole rings is 1.